The molecule has 2 aromatic rings. The number of hydrogen-bond acceptors (Lipinski definition) is 3. The summed E-state index contributed by atoms with van der Waals surface area (Å²) in [5, 5.41) is 8.69. The van der Waals surface area contributed by atoms with Crippen molar-refractivity contribution in [3.8, 4) is 0 Å². The maximum Gasteiger partial charge on any atom is 0.252 e. The number of anilines is 1. The topological polar surface area (TPSA) is 87.3 Å². The van der Waals surface area contributed by atoms with Gasteiger partial charge in [-0.25, -0.2) is 0 Å². The van der Waals surface area contributed by atoms with Crippen LogP contribution in [0.5, 0.6) is 0 Å². The van der Waals surface area contributed by atoms with Gasteiger partial charge in [0.1, 0.15) is 0 Å². The third-order valence-electron chi connectivity index (χ3n) is 3.34. The number of carbonyl (C=O) groups is 3. The highest BCUT2D eigenvalue weighted by Gasteiger charge is 2.11. The first-order chi connectivity index (χ1) is 12.4. The quantitative estimate of drug-likeness (QED) is 0.658. The standard InChI is InChI=1S/C18H17Cl2N3O3/c1-11(24)23-14-5-2-12(3-6-14)17(25)21-8-9-22-18(26)15-10-13(19)4-7-16(15)20/h2-7,10H,8-9H2,1H3,(H,21,25)(H,22,26)(H,23,24). The molecule has 2 aromatic carbocycles. The molecule has 0 atom stereocenters. The molecule has 0 unspecified atom stereocenters. The second-order valence-electron chi connectivity index (χ2n) is 5.39. The molecule has 3 amide bonds. The molecular weight excluding hydrogens is 377 g/mol. The van der Waals surface area contributed by atoms with Crippen molar-refractivity contribution < 1.29 is 14.4 Å². The minimum absolute atomic E-state index is 0.183. The molecule has 2 rings (SSSR count). The maximum atomic E-state index is 12.1. The normalized spacial score (nSPS) is 10.1. The fraction of sp³-hybridized carbons (Fsp3) is 0.167. The van der Waals surface area contributed by atoms with Gasteiger partial charge in [0, 0.05) is 36.3 Å². The lowest BCUT2D eigenvalue weighted by Crippen LogP contribution is -2.34. The maximum absolute atomic E-state index is 12.1. The van der Waals surface area contributed by atoms with Crippen LogP contribution in [0.3, 0.4) is 0 Å². The number of amides is 3. The van der Waals surface area contributed by atoms with E-state index in [1.807, 2.05) is 0 Å². The van der Waals surface area contributed by atoms with Crippen molar-refractivity contribution in [1.29, 1.82) is 0 Å². The molecule has 0 aliphatic carbocycles. The zero-order chi connectivity index (χ0) is 19.1. The molecular formula is C18H17Cl2N3O3. The van der Waals surface area contributed by atoms with Crippen LogP contribution < -0.4 is 16.0 Å². The van der Waals surface area contributed by atoms with E-state index in [0.29, 0.717) is 21.3 Å². The summed E-state index contributed by atoms with van der Waals surface area (Å²) in [5.41, 5.74) is 1.34. The van der Waals surface area contributed by atoms with Crippen molar-refractivity contribution in [3.05, 3.63) is 63.6 Å². The second-order valence-corrected chi connectivity index (χ2v) is 6.24. The number of carbonyl (C=O) groups excluding carboxylic acids is 3. The SMILES string of the molecule is CC(=O)Nc1ccc(C(=O)NCCNC(=O)c2cc(Cl)ccc2Cl)cc1. The van der Waals surface area contributed by atoms with Gasteiger partial charge in [-0.3, -0.25) is 14.4 Å². The largest absolute Gasteiger partial charge is 0.350 e. The predicted octanol–water partition coefficient (Wildman–Crippen LogP) is 3.11. The van der Waals surface area contributed by atoms with Crippen LogP contribution in [0.25, 0.3) is 0 Å². The van der Waals surface area contributed by atoms with Gasteiger partial charge in [0.25, 0.3) is 11.8 Å². The number of rotatable bonds is 6. The van der Waals surface area contributed by atoms with E-state index >= 15 is 0 Å². The summed E-state index contributed by atoms with van der Waals surface area (Å²) in [4.78, 5) is 35.1. The molecule has 0 saturated heterocycles. The summed E-state index contributed by atoms with van der Waals surface area (Å²) in [6, 6.07) is 11.1. The smallest absolute Gasteiger partial charge is 0.252 e. The molecule has 0 heterocycles. The molecule has 0 aromatic heterocycles. The van der Waals surface area contributed by atoms with E-state index in [4.69, 9.17) is 23.2 Å². The van der Waals surface area contributed by atoms with Crippen LogP contribution in [0.2, 0.25) is 10.0 Å². The third-order valence-corrected chi connectivity index (χ3v) is 3.90. The van der Waals surface area contributed by atoms with E-state index in [9.17, 15) is 14.4 Å². The van der Waals surface area contributed by atoms with Gasteiger partial charge >= 0.3 is 0 Å². The predicted molar refractivity (Wildman–Crippen MR) is 102 cm³/mol. The van der Waals surface area contributed by atoms with Gasteiger partial charge in [-0.05, 0) is 42.5 Å². The molecule has 136 valence electrons. The monoisotopic (exact) mass is 393 g/mol. The molecule has 0 spiro atoms. The van der Waals surface area contributed by atoms with E-state index in [1.54, 1.807) is 36.4 Å². The lowest BCUT2D eigenvalue weighted by atomic mass is 10.2. The first-order valence-corrected chi connectivity index (χ1v) is 8.51. The van der Waals surface area contributed by atoms with E-state index in [-0.39, 0.29) is 36.4 Å². The molecule has 0 fully saturated rings. The zero-order valence-electron chi connectivity index (χ0n) is 13.9. The molecule has 3 N–H and O–H groups in total. The van der Waals surface area contributed by atoms with Crippen molar-refractivity contribution in [2.45, 2.75) is 6.92 Å². The van der Waals surface area contributed by atoms with Crippen molar-refractivity contribution >= 4 is 46.6 Å². The zero-order valence-corrected chi connectivity index (χ0v) is 15.4. The molecule has 0 bridgehead atoms. The van der Waals surface area contributed by atoms with E-state index in [1.165, 1.54) is 13.0 Å². The van der Waals surface area contributed by atoms with Gasteiger partial charge in [0.05, 0.1) is 10.6 Å². The molecule has 0 aliphatic heterocycles. The third kappa shape index (κ3) is 5.75. The van der Waals surface area contributed by atoms with Crippen LogP contribution in [0.15, 0.2) is 42.5 Å². The summed E-state index contributed by atoms with van der Waals surface area (Å²) in [7, 11) is 0. The summed E-state index contributed by atoms with van der Waals surface area (Å²) in [6.07, 6.45) is 0. The number of nitrogens with one attached hydrogen (secondary N) is 3. The first-order valence-electron chi connectivity index (χ1n) is 7.76. The number of benzene rings is 2. The molecule has 8 heteroatoms. The minimum Gasteiger partial charge on any atom is -0.350 e. The van der Waals surface area contributed by atoms with Crippen LogP contribution >= 0.6 is 23.2 Å². The van der Waals surface area contributed by atoms with Gasteiger partial charge in [-0.15, -0.1) is 0 Å². The van der Waals surface area contributed by atoms with Gasteiger partial charge < -0.3 is 16.0 Å². The van der Waals surface area contributed by atoms with E-state index in [2.05, 4.69) is 16.0 Å². The molecule has 26 heavy (non-hydrogen) atoms. The highest BCUT2D eigenvalue weighted by Crippen LogP contribution is 2.20. The minimum atomic E-state index is -0.369. The highest BCUT2D eigenvalue weighted by molar-refractivity contribution is 6.35. The Balaban J connectivity index is 1.80. The van der Waals surface area contributed by atoms with Crippen LogP contribution in [-0.2, 0) is 4.79 Å². The number of halogens is 2. The molecule has 0 saturated carbocycles. The fourth-order valence-corrected chi connectivity index (χ4v) is 2.50. The van der Waals surface area contributed by atoms with Gasteiger partial charge in [0.2, 0.25) is 5.91 Å². The Labute approximate surface area is 160 Å². The Morgan fingerprint density at radius 1 is 0.885 bits per heavy atom. The lowest BCUT2D eigenvalue weighted by molar-refractivity contribution is -0.114. The molecule has 0 aliphatic rings. The first kappa shape index (κ1) is 19.8. The van der Waals surface area contributed by atoms with Crippen molar-refractivity contribution in [2.75, 3.05) is 18.4 Å². The average Bonchev–Trinajstić information content (AvgIpc) is 2.60. The van der Waals surface area contributed by atoms with E-state index < -0.39 is 0 Å². The van der Waals surface area contributed by atoms with Gasteiger partial charge in [-0.1, -0.05) is 23.2 Å². The Hall–Kier alpha value is -2.57. The Kier molecular flexibility index (Phi) is 7.00. The Bertz CT molecular complexity index is 823. The van der Waals surface area contributed by atoms with Gasteiger partial charge in [0.15, 0.2) is 0 Å². The Morgan fingerprint density at radius 2 is 1.50 bits per heavy atom. The van der Waals surface area contributed by atoms with Crippen molar-refractivity contribution in [3.63, 3.8) is 0 Å². The fourth-order valence-electron chi connectivity index (χ4n) is 2.13. The van der Waals surface area contributed by atoms with Crippen LogP contribution in [0, 0.1) is 0 Å². The summed E-state index contributed by atoms with van der Waals surface area (Å²) in [6.45, 7) is 1.89. The lowest BCUT2D eigenvalue weighted by Gasteiger charge is -2.09. The van der Waals surface area contributed by atoms with Crippen LogP contribution in [0.4, 0.5) is 5.69 Å². The number of hydrogen-bond donors (Lipinski definition) is 3. The van der Waals surface area contributed by atoms with Crippen LogP contribution in [0.1, 0.15) is 27.6 Å². The highest BCUT2D eigenvalue weighted by atomic mass is 35.5. The average molecular weight is 394 g/mol. The molecule has 6 nitrogen and oxygen atoms in total. The Morgan fingerprint density at radius 3 is 2.12 bits per heavy atom. The van der Waals surface area contributed by atoms with Crippen molar-refractivity contribution in [1.82, 2.24) is 10.6 Å². The summed E-state index contributed by atoms with van der Waals surface area (Å²) < 4.78 is 0. The van der Waals surface area contributed by atoms with Gasteiger partial charge in [-0.2, -0.15) is 0 Å². The van der Waals surface area contributed by atoms with E-state index in [0.717, 1.165) is 0 Å². The van der Waals surface area contributed by atoms with Crippen molar-refractivity contribution in [2.24, 2.45) is 0 Å². The summed E-state index contributed by atoms with van der Waals surface area (Å²) >= 11 is 11.8. The second kappa shape index (κ2) is 9.22. The molecule has 0 radical (unpaired) electrons. The van der Waals surface area contributed by atoms with Crippen LogP contribution in [-0.4, -0.2) is 30.8 Å². The summed E-state index contributed by atoms with van der Waals surface area (Å²) in [5.74, 6) is -0.835.